The summed E-state index contributed by atoms with van der Waals surface area (Å²) < 4.78 is 7.87. The van der Waals surface area contributed by atoms with Crippen molar-refractivity contribution in [3.05, 3.63) is 96.3 Å². The number of hydrogen-bond acceptors (Lipinski definition) is 4. The molecule has 1 fully saturated rings. The molecule has 2 heterocycles. The van der Waals surface area contributed by atoms with Crippen molar-refractivity contribution >= 4 is 28.6 Å². The van der Waals surface area contributed by atoms with Crippen molar-refractivity contribution in [1.82, 2.24) is 20.2 Å². The maximum atomic E-state index is 13.2. The summed E-state index contributed by atoms with van der Waals surface area (Å²) in [6.07, 6.45) is 7.52. The molecule has 0 saturated heterocycles. The van der Waals surface area contributed by atoms with Crippen LogP contribution in [-0.2, 0) is 29.4 Å². The van der Waals surface area contributed by atoms with Crippen LogP contribution in [0.4, 0.5) is 5.69 Å². The number of rotatable bonds is 11. The van der Waals surface area contributed by atoms with E-state index in [2.05, 4.69) is 40.0 Å². The Morgan fingerprint density at radius 3 is 2.41 bits per heavy atom. The number of benzene rings is 2. The first-order chi connectivity index (χ1) is 20.2. The molecule has 2 aromatic carbocycles. The summed E-state index contributed by atoms with van der Waals surface area (Å²) in [5.41, 5.74) is 3.92. The number of aliphatic imine (C=N–C) groups is 1. The van der Waals surface area contributed by atoms with Crippen LogP contribution in [0, 0.1) is 11.8 Å². The number of carbonyl (C=O) groups is 1. The molecule has 1 saturated carbocycles. The summed E-state index contributed by atoms with van der Waals surface area (Å²) in [4.78, 5) is 22.5. The van der Waals surface area contributed by atoms with Crippen LogP contribution in [0.2, 0.25) is 0 Å². The average Bonchev–Trinajstić information content (AvgIpc) is 3.44. The van der Waals surface area contributed by atoms with Gasteiger partial charge in [-0.25, -0.2) is 9.98 Å². The molecule has 8 heteroatoms. The van der Waals surface area contributed by atoms with Gasteiger partial charge in [-0.05, 0) is 61.8 Å². The molecule has 0 aliphatic heterocycles. The van der Waals surface area contributed by atoms with Crippen molar-refractivity contribution in [3.63, 3.8) is 0 Å². The maximum absolute atomic E-state index is 13.2. The van der Waals surface area contributed by atoms with Crippen molar-refractivity contribution < 1.29 is 9.53 Å². The first-order valence-electron chi connectivity index (χ1n) is 14.6. The molecule has 0 atom stereocenters. The van der Waals surface area contributed by atoms with Crippen LogP contribution in [0.1, 0.15) is 43.7 Å². The van der Waals surface area contributed by atoms with E-state index in [4.69, 9.17) is 9.73 Å². The predicted octanol–water partition coefficient (Wildman–Crippen LogP) is 5.71. The quantitative estimate of drug-likeness (QED) is 0.164. The number of amides is 1. The van der Waals surface area contributed by atoms with Crippen LogP contribution in [0.25, 0.3) is 11.0 Å². The van der Waals surface area contributed by atoms with Gasteiger partial charge in [-0.3, -0.25) is 4.79 Å². The zero-order chi connectivity index (χ0) is 28.3. The lowest BCUT2D eigenvalue weighted by atomic mass is 9.81. The van der Waals surface area contributed by atoms with Gasteiger partial charge in [0.25, 0.3) is 0 Å². The first-order valence-corrected chi connectivity index (χ1v) is 14.6. The molecule has 1 aliphatic rings. The number of ether oxygens (including phenoxy) is 1. The Hall–Kier alpha value is -4.17. The minimum Gasteiger partial charge on any atom is -0.357 e. The van der Waals surface area contributed by atoms with Crippen molar-refractivity contribution in [3.8, 4) is 0 Å². The summed E-state index contributed by atoms with van der Waals surface area (Å²) in [6, 6.07) is 24.3. The maximum Gasteiger partial charge on any atom is 0.227 e. The largest absolute Gasteiger partial charge is 0.357 e. The molecule has 0 unspecified atom stereocenters. The van der Waals surface area contributed by atoms with E-state index in [0.29, 0.717) is 25.8 Å². The number of hydrogen-bond donors (Lipinski definition) is 3. The Morgan fingerprint density at radius 2 is 1.68 bits per heavy atom. The Balaban J connectivity index is 1.09. The van der Waals surface area contributed by atoms with E-state index in [1.54, 1.807) is 6.20 Å². The van der Waals surface area contributed by atoms with Gasteiger partial charge in [0, 0.05) is 36.8 Å². The van der Waals surface area contributed by atoms with Gasteiger partial charge in [0.15, 0.2) is 5.96 Å². The van der Waals surface area contributed by atoms with Gasteiger partial charge < -0.3 is 25.3 Å². The fraction of sp³-hybridized carbons (Fsp3) is 0.364. The molecular formula is C33H40N6O2. The van der Waals surface area contributed by atoms with E-state index in [1.165, 1.54) is 5.56 Å². The van der Waals surface area contributed by atoms with E-state index >= 15 is 0 Å². The fourth-order valence-corrected chi connectivity index (χ4v) is 5.34. The number of fused-ring (bicyclic) bond motifs is 1. The molecule has 214 valence electrons. The number of aromatic nitrogens is 2. The molecule has 8 nitrogen and oxygen atoms in total. The lowest BCUT2D eigenvalue weighted by Gasteiger charge is -2.28. The number of nitrogens with one attached hydrogen (secondary N) is 3. The van der Waals surface area contributed by atoms with E-state index in [-0.39, 0.29) is 11.8 Å². The third-order valence-electron chi connectivity index (χ3n) is 7.64. The summed E-state index contributed by atoms with van der Waals surface area (Å²) >= 11 is 0. The van der Waals surface area contributed by atoms with Gasteiger partial charge >= 0.3 is 0 Å². The highest BCUT2D eigenvalue weighted by Gasteiger charge is 2.27. The lowest BCUT2D eigenvalue weighted by Crippen LogP contribution is -2.40. The molecule has 0 spiro atoms. The fourth-order valence-electron chi connectivity index (χ4n) is 5.34. The van der Waals surface area contributed by atoms with Gasteiger partial charge in [-0.2, -0.15) is 0 Å². The Morgan fingerprint density at radius 1 is 0.951 bits per heavy atom. The second-order valence-corrected chi connectivity index (χ2v) is 10.6. The highest BCUT2D eigenvalue weighted by Crippen LogP contribution is 2.30. The number of anilines is 1. The Bertz CT molecular complexity index is 1410. The molecule has 5 rings (SSSR count). The monoisotopic (exact) mass is 552 g/mol. The highest BCUT2D eigenvalue weighted by molar-refractivity contribution is 6.01. The number of pyridine rings is 1. The first kappa shape index (κ1) is 28.4. The van der Waals surface area contributed by atoms with Gasteiger partial charge in [0.1, 0.15) is 12.4 Å². The predicted molar refractivity (Wildman–Crippen MR) is 164 cm³/mol. The van der Waals surface area contributed by atoms with Crippen LogP contribution in [0.5, 0.6) is 0 Å². The molecule has 3 N–H and O–H groups in total. The number of guanidine groups is 1. The Labute approximate surface area is 242 Å². The third-order valence-corrected chi connectivity index (χ3v) is 7.64. The Kier molecular flexibility index (Phi) is 10.0. The summed E-state index contributed by atoms with van der Waals surface area (Å²) in [5, 5.41) is 11.0. The van der Waals surface area contributed by atoms with Crippen molar-refractivity contribution in [1.29, 1.82) is 0 Å². The average molecular weight is 553 g/mol. The molecule has 2 aromatic heterocycles. The molecule has 41 heavy (non-hydrogen) atoms. The molecule has 0 radical (unpaired) electrons. The van der Waals surface area contributed by atoms with Crippen LogP contribution in [0.15, 0.2) is 90.2 Å². The molecule has 1 amide bonds. The smallest absolute Gasteiger partial charge is 0.227 e. The SMILES string of the molecule is CCN/C(=N/Cc1ccccc1)NC[C@H]1CC[C@H](C(=O)Nc2ccnc3c2ccn3COCc2ccccc2)CC1. The summed E-state index contributed by atoms with van der Waals surface area (Å²) in [6.45, 7) is 5.34. The molecule has 4 aromatic rings. The van der Waals surface area contributed by atoms with Crippen molar-refractivity contribution in [2.24, 2.45) is 16.8 Å². The van der Waals surface area contributed by atoms with E-state index in [9.17, 15) is 4.79 Å². The van der Waals surface area contributed by atoms with E-state index in [0.717, 1.165) is 67.0 Å². The van der Waals surface area contributed by atoms with Gasteiger partial charge in [-0.15, -0.1) is 0 Å². The molecule has 0 bridgehead atoms. The zero-order valence-corrected chi connectivity index (χ0v) is 23.8. The molecule has 1 aliphatic carbocycles. The summed E-state index contributed by atoms with van der Waals surface area (Å²) in [7, 11) is 0. The lowest BCUT2D eigenvalue weighted by molar-refractivity contribution is -0.121. The third kappa shape index (κ3) is 7.95. The van der Waals surface area contributed by atoms with Gasteiger partial charge in [0.2, 0.25) is 5.91 Å². The second kappa shape index (κ2) is 14.5. The number of carbonyl (C=O) groups excluding carboxylic acids is 1. The normalized spacial score (nSPS) is 17.3. The minimum atomic E-state index is 0.0192. The highest BCUT2D eigenvalue weighted by atomic mass is 16.5. The van der Waals surface area contributed by atoms with E-state index < -0.39 is 0 Å². The van der Waals surface area contributed by atoms with Gasteiger partial charge in [-0.1, -0.05) is 60.7 Å². The van der Waals surface area contributed by atoms with Gasteiger partial charge in [0.05, 0.1) is 18.8 Å². The summed E-state index contributed by atoms with van der Waals surface area (Å²) in [5.74, 6) is 1.48. The number of nitrogens with zero attached hydrogens (tertiary/aromatic N) is 3. The van der Waals surface area contributed by atoms with Crippen LogP contribution >= 0.6 is 0 Å². The van der Waals surface area contributed by atoms with E-state index in [1.807, 2.05) is 71.4 Å². The zero-order valence-electron chi connectivity index (χ0n) is 23.8. The van der Waals surface area contributed by atoms with Crippen LogP contribution in [0.3, 0.4) is 0 Å². The van der Waals surface area contributed by atoms with Crippen LogP contribution in [-0.4, -0.2) is 34.5 Å². The molecular weight excluding hydrogens is 512 g/mol. The standard InChI is InChI=1S/C33H40N6O2/c1-2-34-33(36-21-25-9-5-3-6-10-25)37-22-26-13-15-28(16-14-26)32(40)38-30-17-19-35-31-29(30)18-20-39(31)24-41-23-27-11-7-4-8-12-27/h3-12,17-20,26,28H,2,13-16,21-24H2,1H3,(H2,34,36,37)(H,35,38,40)/t26-,28-. The minimum absolute atomic E-state index is 0.0192. The van der Waals surface area contributed by atoms with Crippen LogP contribution < -0.4 is 16.0 Å². The van der Waals surface area contributed by atoms with Crippen molar-refractivity contribution in [2.75, 3.05) is 18.4 Å². The second-order valence-electron chi connectivity index (χ2n) is 10.6. The topological polar surface area (TPSA) is 92.6 Å². The van der Waals surface area contributed by atoms with Crippen molar-refractivity contribution in [2.45, 2.75) is 52.5 Å².